The SMILES string of the molecule is Cc1ccc2occ(/C=C/C(=O)c3cc(C(C)(C)C)c(O)c(C(C)(C)C)c3)c(=O)c2c1. The minimum atomic E-state index is -0.332. The lowest BCUT2D eigenvalue weighted by atomic mass is 9.78. The summed E-state index contributed by atoms with van der Waals surface area (Å²) in [7, 11) is 0. The van der Waals surface area contributed by atoms with Gasteiger partial charge < -0.3 is 9.52 Å². The van der Waals surface area contributed by atoms with Gasteiger partial charge in [0.05, 0.1) is 10.9 Å². The van der Waals surface area contributed by atoms with Crippen molar-refractivity contribution in [1.82, 2.24) is 0 Å². The van der Waals surface area contributed by atoms with E-state index in [0.29, 0.717) is 22.1 Å². The maximum Gasteiger partial charge on any atom is 0.199 e. The van der Waals surface area contributed by atoms with E-state index >= 15 is 0 Å². The largest absolute Gasteiger partial charge is 0.507 e. The van der Waals surface area contributed by atoms with Gasteiger partial charge in [0.25, 0.3) is 0 Å². The van der Waals surface area contributed by atoms with E-state index in [0.717, 1.165) is 16.7 Å². The molecule has 2 aromatic carbocycles. The van der Waals surface area contributed by atoms with Crippen molar-refractivity contribution in [1.29, 1.82) is 0 Å². The molecule has 1 N–H and O–H groups in total. The second-order valence-electron chi connectivity index (χ2n) is 10.1. The number of phenolic OH excluding ortho intramolecular Hbond substituents is 1. The summed E-state index contributed by atoms with van der Waals surface area (Å²) in [5.41, 5.74) is 2.87. The van der Waals surface area contributed by atoms with E-state index < -0.39 is 0 Å². The Labute approximate surface area is 183 Å². The van der Waals surface area contributed by atoms with Crippen LogP contribution in [0.15, 0.2) is 51.9 Å². The van der Waals surface area contributed by atoms with Crippen molar-refractivity contribution in [2.24, 2.45) is 0 Å². The third kappa shape index (κ3) is 4.63. The van der Waals surface area contributed by atoms with Crippen LogP contribution in [-0.4, -0.2) is 10.9 Å². The van der Waals surface area contributed by atoms with Crippen LogP contribution in [0.25, 0.3) is 17.0 Å². The van der Waals surface area contributed by atoms with Gasteiger partial charge in [-0.05, 0) is 54.2 Å². The van der Waals surface area contributed by atoms with Gasteiger partial charge in [0.1, 0.15) is 17.6 Å². The molecule has 0 aliphatic carbocycles. The van der Waals surface area contributed by atoms with Crippen LogP contribution in [0.1, 0.15) is 74.2 Å². The minimum absolute atomic E-state index is 0.175. The average molecular weight is 419 g/mol. The van der Waals surface area contributed by atoms with E-state index in [-0.39, 0.29) is 27.8 Å². The maximum absolute atomic E-state index is 13.0. The molecule has 3 rings (SSSR count). The van der Waals surface area contributed by atoms with Crippen molar-refractivity contribution in [3.05, 3.63) is 80.7 Å². The molecular formula is C27H30O4. The van der Waals surface area contributed by atoms with Crippen molar-refractivity contribution in [3.63, 3.8) is 0 Å². The third-order valence-electron chi connectivity index (χ3n) is 5.38. The number of fused-ring (bicyclic) bond motifs is 1. The van der Waals surface area contributed by atoms with Crippen LogP contribution in [-0.2, 0) is 10.8 Å². The highest BCUT2D eigenvalue weighted by molar-refractivity contribution is 6.07. The Bertz CT molecular complexity index is 1210. The van der Waals surface area contributed by atoms with Crippen molar-refractivity contribution in [2.75, 3.05) is 0 Å². The number of rotatable bonds is 3. The fourth-order valence-electron chi connectivity index (χ4n) is 3.56. The van der Waals surface area contributed by atoms with E-state index in [1.54, 1.807) is 24.3 Å². The highest BCUT2D eigenvalue weighted by Gasteiger charge is 2.27. The number of aromatic hydroxyl groups is 1. The van der Waals surface area contributed by atoms with Crippen LogP contribution < -0.4 is 5.43 Å². The van der Waals surface area contributed by atoms with Gasteiger partial charge in [0.2, 0.25) is 0 Å². The molecule has 1 heterocycles. The van der Waals surface area contributed by atoms with E-state index in [2.05, 4.69) is 0 Å². The molecule has 0 aliphatic rings. The topological polar surface area (TPSA) is 67.5 Å². The smallest absolute Gasteiger partial charge is 0.199 e. The van der Waals surface area contributed by atoms with Gasteiger partial charge in [0, 0.05) is 16.7 Å². The fraction of sp³-hybridized carbons (Fsp3) is 0.333. The minimum Gasteiger partial charge on any atom is -0.507 e. The summed E-state index contributed by atoms with van der Waals surface area (Å²) in [6, 6.07) is 8.91. The Balaban J connectivity index is 2.06. The molecule has 0 unspecified atom stereocenters. The van der Waals surface area contributed by atoms with E-state index in [1.165, 1.54) is 18.4 Å². The third-order valence-corrected chi connectivity index (χ3v) is 5.38. The zero-order valence-electron chi connectivity index (χ0n) is 19.3. The molecule has 0 bridgehead atoms. The van der Waals surface area contributed by atoms with Crippen molar-refractivity contribution in [3.8, 4) is 5.75 Å². The first-order chi connectivity index (χ1) is 14.3. The lowest BCUT2D eigenvalue weighted by Crippen LogP contribution is -2.18. The number of allylic oxidation sites excluding steroid dienone is 1. The molecule has 1 aromatic heterocycles. The molecule has 3 aromatic rings. The van der Waals surface area contributed by atoms with Gasteiger partial charge in [-0.1, -0.05) is 53.2 Å². The summed E-state index contributed by atoms with van der Waals surface area (Å²) in [5.74, 6) is -0.00851. The highest BCUT2D eigenvalue weighted by Crippen LogP contribution is 2.39. The summed E-state index contributed by atoms with van der Waals surface area (Å²) >= 11 is 0. The van der Waals surface area contributed by atoms with Crippen molar-refractivity contribution >= 4 is 22.8 Å². The molecule has 31 heavy (non-hydrogen) atoms. The molecular weight excluding hydrogens is 388 g/mol. The first kappa shape index (κ1) is 22.5. The number of carbonyl (C=O) groups excluding carboxylic acids is 1. The molecule has 0 radical (unpaired) electrons. The van der Waals surface area contributed by atoms with Crippen LogP contribution in [0.2, 0.25) is 0 Å². The lowest BCUT2D eigenvalue weighted by molar-refractivity contribution is 0.104. The Kier molecular flexibility index (Phi) is 5.70. The first-order valence-electron chi connectivity index (χ1n) is 10.4. The van der Waals surface area contributed by atoms with Crippen molar-refractivity contribution < 1.29 is 14.3 Å². The molecule has 162 valence electrons. The Morgan fingerprint density at radius 2 is 1.55 bits per heavy atom. The summed E-state index contributed by atoms with van der Waals surface area (Å²) in [6.45, 7) is 13.9. The predicted molar refractivity (Wildman–Crippen MR) is 126 cm³/mol. The number of hydrogen-bond acceptors (Lipinski definition) is 4. The number of phenols is 1. The Hall–Kier alpha value is -3.14. The molecule has 4 heteroatoms. The number of hydrogen-bond donors (Lipinski definition) is 1. The zero-order valence-corrected chi connectivity index (χ0v) is 19.3. The van der Waals surface area contributed by atoms with Crippen LogP contribution in [0, 0.1) is 6.92 Å². The second kappa shape index (κ2) is 7.84. The van der Waals surface area contributed by atoms with E-state index in [4.69, 9.17) is 4.42 Å². The normalized spacial score (nSPS) is 12.6. The van der Waals surface area contributed by atoms with E-state index in [1.807, 2.05) is 54.5 Å². The summed E-state index contributed by atoms with van der Waals surface area (Å²) in [6.07, 6.45) is 4.26. The van der Waals surface area contributed by atoms with Gasteiger partial charge in [-0.25, -0.2) is 0 Å². The van der Waals surface area contributed by atoms with E-state index in [9.17, 15) is 14.7 Å². The summed E-state index contributed by atoms with van der Waals surface area (Å²) < 4.78 is 5.56. The van der Waals surface area contributed by atoms with Gasteiger partial charge in [-0.3, -0.25) is 9.59 Å². The van der Waals surface area contributed by atoms with Crippen LogP contribution in [0.5, 0.6) is 5.75 Å². The summed E-state index contributed by atoms with van der Waals surface area (Å²) in [5, 5.41) is 11.3. The predicted octanol–water partition coefficient (Wildman–Crippen LogP) is 6.30. The number of aryl methyl sites for hydroxylation is 1. The molecule has 0 amide bonds. The maximum atomic E-state index is 13.0. The average Bonchev–Trinajstić information content (AvgIpc) is 2.66. The van der Waals surface area contributed by atoms with Gasteiger partial charge in [0.15, 0.2) is 11.2 Å². The van der Waals surface area contributed by atoms with Crippen molar-refractivity contribution in [2.45, 2.75) is 59.3 Å². The Morgan fingerprint density at radius 1 is 0.968 bits per heavy atom. The molecule has 0 saturated heterocycles. The molecule has 0 spiro atoms. The quantitative estimate of drug-likeness (QED) is 0.400. The first-order valence-corrected chi connectivity index (χ1v) is 10.4. The monoisotopic (exact) mass is 418 g/mol. The molecule has 0 atom stereocenters. The van der Waals surface area contributed by atoms with Crippen LogP contribution in [0.3, 0.4) is 0 Å². The van der Waals surface area contributed by atoms with Gasteiger partial charge in [-0.15, -0.1) is 0 Å². The Morgan fingerprint density at radius 3 is 2.10 bits per heavy atom. The zero-order chi connectivity index (χ0) is 23.1. The van der Waals surface area contributed by atoms with Gasteiger partial charge in [-0.2, -0.15) is 0 Å². The standard InChI is InChI=1S/C27H30O4/c1-16-8-11-23-19(12-16)24(29)17(15-31-23)9-10-22(28)18-13-20(26(2,3)4)25(30)21(14-18)27(5,6)7/h8-15,30H,1-7H3/b10-9+. The number of benzene rings is 2. The van der Waals surface area contributed by atoms with Crippen LogP contribution in [0.4, 0.5) is 0 Å². The molecule has 0 aliphatic heterocycles. The second-order valence-corrected chi connectivity index (χ2v) is 10.1. The van der Waals surface area contributed by atoms with Gasteiger partial charge >= 0.3 is 0 Å². The van der Waals surface area contributed by atoms with Crippen LogP contribution >= 0.6 is 0 Å². The summed E-state index contributed by atoms with van der Waals surface area (Å²) in [4.78, 5) is 25.8. The molecule has 4 nitrogen and oxygen atoms in total. The highest BCUT2D eigenvalue weighted by atomic mass is 16.3. The molecule has 0 saturated carbocycles. The molecule has 0 fully saturated rings. The number of carbonyl (C=O) groups is 1. The lowest BCUT2D eigenvalue weighted by Gasteiger charge is -2.27. The fourth-order valence-corrected chi connectivity index (χ4v) is 3.56. The number of ketones is 1.